The summed E-state index contributed by atoms with van der Waals surface area (Å²) >= 11 is -0.0251. The molecule has 120 valence electrons. The maximum atomic E-state index is 2.61. The summed E-state index contributed by atoms with van der Waals surface area (Å²) in [6.45, 7) is 14.8. The Hall–Kier alpha value is 0.471. The molecule has 0 radical (unpaired) electrons. The third-order valence-corrected chi connectivity index (χ3v) is 12.3. The average Bonchev–Trinajstić information content (AvgIpc) is 2.88. The van der Waals surface area contributed by atoms with Crippen LogP contribution in [0.2, 0.25) is 13.1 Å². The van der Waals surface area contributed by atoms with Crippen LogP contribution in [0, 0.1) is 0 Å². The molecule has 4 bridgehead atoms. The predicted octanol–water partition coefficient (Wildman–Crippen LogP) is -0.354. The Morgan fingerprint density at radius 1 is 0.818 bits per heavy atom. The van der Waals surface area contributed by atoms with Gasteiger partial charge in [0.1, 0.15) is 0 Å². The van der Waals surface area contributed by atoms with Gasteiger partial charge in [-0.25, -0.2) is 0 Å². The number of hydrogen-bond acceptors (Lipinski definition) is 0. The Labute approximate surface area is 158 Å². The van der Waals surface area contributed by atoms with Crippen molar-refractivity contribution in [2.75, 3.05) is 0 Å². The van der Waals surface area contributed by atoms with Gasteiger partial charge in [-0.1, -0.05) is 0 Å². The first kappa shape index (κ1) is 20.5. The van der Waals surface area contributed by atoms with Crippen LogP contribution in [0.25, 0.3) is 0 Å². The molecule has 0 aromatic carbocycles. The number of hydrogen-bond donors (Lipinski definition) is 0. The zero-order valence-corrected chi connectivity index (χ0v) is 18.7. The summed E-state index contributed by atoms with van der Waals surface area (Å²) in [6, 6.07) is 0. The molecule has 0 aromatic heterocycles. The van der Waals surface area contributed by atoms with Gasteiger partial charge in [0.05, 0.1) is 0 Å². The Balaban J connectivity index is 0.00000121. The quantitative estimate of drug-likeness (QED) is 0.567. The minimum atomic E-state index is -1.39. The number of rotatable bonds is 2. The maximum Gasteiger partial charge on any atom is -1.00 e. The molecule has 0 saturated carbocycles. The normalized spacial score (nSPS) is 21.9. The molecule has 0 aromatic rings. The molecule has 0 N–H and O–H groups in total. The molecule has 2 aliphatic carbocycles. The largest absolute Gasteiger partial charge is 1.00 e. The van der Waals surface area contributed by atoms with Gasteiger partial charge in [-0.2, -0.15) is 0 Å². The van der Waals surface area contributed by atoms with E-state index in [1.54, 1.807) is 22.3 Å². The minimum absolute atomic E-state index is 0. The summed E-state index contributed by atoms with van der Waals surface area (Å²) in [5.74, 6) is 0. The van der Waals surface area contributed by atoms with E-state index >= 15 is 0 Å². The van der Waals surface area contributed by atoms with Crippen molar-refractivity contribution in [2.24, 2.45) is 0 Å². The standard InChI is InChI=1S/C18H26Si.2ClH.Ti/c1-7-15-9-11-17(13(15)3)19(5,6)18-12-10-16(8-2)14(18)4;;;/h7-8,11-12H2,1-6H3;2*1H;/q;;;+2/p-2. The fraction of sp³-hybridized carbons (Fsp3) is 0.556. The van der Waals surface area contributed by atoms with E-state index in [4.69, 9.17) is 0 Å². The summed E-state index contributed by atoms with van der Waals surface area (Å²) in [5.41, 5.74) is 6.92. The van der Waals surface area contributed by atoms with Crippen molar-refractivity contribution in [3.63, 3.8) is 0 Å². The van der Waals surface area contributed by atoms with Crippen LogP contribution in [0.3, 0.4) is 0 Å². The van der Waals surface area contributed by atoms with Crippen molar-refractivity contribution in [1.29, 1.82) is 0 Å². The number of fused-ring (bicyclic) bond motifs is 4. The van der Waals surface area contributed by atoms with Crippen LogP contribution >= 0.6 is 0 Å². The van der Waals surface area contributed by atoms with Gasteiger partial charge in [0.25, 0.3) is 0 Å². The third-order valence-electron chi connectivity index (χ3n) is 5.76. The first-order valence-corrected chi connectivity index (χ1v) is 12.6. The van der Waals surface area contributed by atoms with Gasteiger partial charge in [0.2, 0.25) is 0 Å². The molecule has 3 rings (SSSR count). The third kappa shape index (κ3) is 2.82. The molecular weight excluding hydrogens is 363 g/mol. The minimum Gasteiger partial charge on any atom is -1.00 e. The molecule has 4 heteroatoms. The van der Waals surface area contributed by atoms with Crippen molar-refractivity contribution in [3.05, 3.63) is 40.4 Å². The summed E-state index contributed by atoms with van der Waals surface area (Å²) in [4.78, 5) is 0. The topological polar surface area (TPSA) is 0 Å². The van der Waals surface area contributed by atoms with Crippen LogP contribution in [0.15, 0.2) is 40.4 Å². The molecule has 3 aliphatic rings. The number of allylic oxidation sites excluding steroid dienone is 8. The van der Waals surface area contributed by atoms with Gasteiger partial charge in [-0.3, -0.25) is 0 Å². The van der Waals surface area contributed by atoms with Crippen LogP contribution < -0.4 is 24.8 Å². The monoisotopic (exact) mass is 388 g/mol. The second-order valence-corrected chi connectivity index (χ2v) is 13.7. The van der Waals surface area contributed by atoms with E-state index in [9.17, 15) is 0 Å². The first-order valence-electron chi connectivity index (χ1n) is 8.04. The van der Waals surface area contributed by atoms with Crippen LogP contribution in [0.4, 0.5) is 0 Å². The fourth-order valence-corrected chi connectivity index (χ4v) is 11.9. The molecular formula is C18H26Cl2SiTi. The Kier molecular flexibility index (Phi) is 6.67. The molecule has 22 heavy (non-hydrogen) atoms. The van der Waals surface area contributed by atoms with E-state index in [-0.39, 0.29) is 44.0 Å². The summed E-state index contributed by atoms with van der Waals surface area (Å²) in [5, 5.41) is 3.75. The van der Waals surface area contributed by atoms with Crippen molar-refractivity contribution >= 4 is 8.07 Å². The van der Waals surface area contributed by atoms with Crippen molar-refractivity contribution in [1.82, 2.24) is 0 Å². The van der Waals surface area contributed by atoms with E-state index in [0.717, 1.165) is 0 Å². The van der Waals surface area contributed by atoms with E-state index in [2.05, 4.69) is 40.8 Å². The number of halogens is 2. The molecule has 1 aliphatic heterocycles. The summed E-state index contributed by atoms with van der Waals surface area (Å²) in [6.07, 6.45) is 5.22. The fourth-order valence-electron chi connectivity index (χ4n) is 4.59. The van der Waals surface area contributed by atoms with Gasteiger partial charge in [0.15, 0.2) is 0 Å². The van der Waals surface area contributed by atoms with E-state index in [1.807, 2.05) is 18.1 Å². The Bertz CT molecular complexity index is 569. The predicted molar refractivity (Wildman–Crippen MR) is 86.8 cm³/mol. The summed E-state index contributed by atoms with van der Waals surface area (Å²) < 4.78 is 3.77. The van der Waals surface area contributed by atoms with Gasteiger partial charge >= 0.3 is 134 Å². The van der Waals surface area contributed by atoms with Gasteiger partial charge < -0.3 is 24.8 Å². The van der Waals surface area contributed by atoms with Gasteiger partial charge in [-0.05, 0) is 0 Å². The average molecular weight is 389 g/mol. The second-order valence-electron chi connectivity index (χ2n) is 6.93. The maximum absolute atomic E-state index is 2.61. The molecule has 1 heterocycles. The molecule has 0 atom stereocenters. The van der Waals surface area contributed by atoms with Gasteiger partial charge in [-0.15, -0.1) is 0 Å². The second kappa shape index (κ2) is 7.15. The van der Waals surface area contributed by atoms with Crippen LogP contribution in [-0.4, -0.2) is 8.07 Å². The molecule has 0 nitrogen and oxygen atoms in total. The Morgan fingerprint density at radius 3 is 1.50 bits per heavy atom. The zero-order chi connectivity index (χ0) is 14.7. The zero-order valence-electron chi connectivity index (χ0n) is 14.6. The van der Waals surface area contributed by atoms with E-state index < -0.39 is 8.07 Å². The van der Waals surface area contributed by atoms with Crippen molar-refractivity contribution < 1.29 is 44.0 Å². The van der Waals surface area contributed by atoms with Crippen molar-refractivity contribution in [3.8, 4) is 0 Å². The van der Waals surface area contributed by atoms with E-state index in [0.29, 0.717) is 0 Å². The molecule has 1 saturated heterocycles. The van der Waals surface area contributed by atoms with E-state index in [1.165, 1.54) is 25.7 Å². The van der Waals surface area contributed by atoms with Crippen LogP contribution in [0.5, 0.6) is 0 Å². The van der Waals surface area contributed by atoms with Crippen molar-refractivity contribution in [2.45, 2.75) is 66.5 Å². The first-order chi connectivity index (χ1) is 9.41. The summed E-state index contributed by atoms with van der Waals surface area (Å²) in [7, 11) is -1.39. The molecule has 1 fully saturated rings. The molecule has 0 spiro atoms. The van der Waals surface area contributed by atoms with Crippen LogP contribution in [-0.2, 0) is 19.2 Å². The van der Waals surface area contributed by atoms with Crippen LogP contribution in [0.1, 0.15) is 53.4 Å². The molecule has 0 amide bonds. The van der Waals surface area contributed by atoms with Gasteiger partial charge in [0, 0.05) is 0 Å². The Morgan fingerprint density at radius 2 is 1.18 bits per heavy atom. The smallest absolute Gasteiger partial charge is 1.00 e. The SMILES string of the molecule is CCC1=[C]2CC(=C1C)[Si](C)(C)C1=C(C)C(CC)=[C](C1)[Ti+2]2.[Cl-].[Cl-]. The molecule has 0 unspecified atom stereocenters.